The lowest BCUT2D eigenvalue weighted by Gasteiger charge is -2.10. The van der Waals surface area contributed by atoms with Crippen LogP contribution < -0.4 is 15.5 Å². The molecule has 7 nitrogen and oxygen atoms in total. The van der Waals surface area contributed by atoms with E-state index in [4.69, 9.17) is 4.74 Å². The molecule has 0 atom stereocenters. The fraction of sp³-hybridized carbons (Fsp3) is 0.227. The molecule has 170 valence electrons. The summed E-state index contributed by atoms with van der Waals surface area (Å²) in [5.41, 5.74) is 2.49. The van der Waals surface area contributed by atoms with Gasteiger partial charge in [0.15, 0.2) is 11.5 Å². The van der Waals surface area contributed by atoms with E-state index < -0.39 is 23.6 Å². The Balaban J connectivity index is 1.88. The van der Waals surface area contributed by atoms with Crippen LogP contribution in [0.4, 0.5) is 18.9 Å². The molecule has 2 amide bonds. The molecule has 3 N–H and O–H groups in total. The van der Waals surface area contributed by atoms with Crippen LogP contribution in [-0.2, 0) is 22.2 Å². The van der Waals surface area contributed by atoms with Crippen molar-refractivity contribution in [1.29, 1.82) is 0 Å². The number of nitrogens with one attached hydrogen (secondary N) is 2. The normalized spacial score (nSPS) is 11.2. The first-order valence-corrected chi connectivity index (χ1v) is 9.43. The van der Waals surface area contributed by atoms with E-state index in [0.29, 0.717) is 17.5 Å². The van der Waals surface area contributed by atoms with Crippen molar-refractivity contribution in [3.8, 4) is 11.5 Å². The highest BCUT2D eigenvalue weighted by molar-refractivity contribution is 5.93. The molecule has 0 aliphatic rings. The Morgan fingerprint density at radius 3 is 2.56 bits per heavy atom. The van der Waals surface area contributed by atoms with Crippen molar-refractivity contribution < 1.29 is 32.6 Å². The number of hydrogen-bond donors (Lipinski definition) is 3. The monoisotopic (exact) mass is 449 g/mol. The summed E-state index contributed by atoms with van der Waals surface area (Å²) in [7, 11) is 1.40. The molecule has 0 aliphatic heterocycles. The van der Waals surface area contributed by atoms with E-state index >= 15 is 0 Å². The summed E-state index contributed by atoms with van der Waals surface area (Å²) in [4.78, 5) is 23.8. The van der Waals surface area contributed by atoms with Crippen LogP contribution in [0.25, 0.3) is 0 Å². The number of ether oxygens (including phenoxy) is 1. The molecule has 2 aromatic carbocycles. The van der Waals surface area contributed by atoms with Gasteiger partial charge in [0.2, 0.25) is 11.8 Å². The van der Waals surface area contributed by atoms with E-state index in [1.54, 1.807) is 12.1 Å². The Morgan fingerprint density at radius 2 is 1.91 bits per heavy atom. The van der Waals surface area contributed by atoms with Gasteiger partial charge in [-0.2, -0.15) is 18.3 Å². The molecule has 0 spiro atoms. The van der Waals surface area contributed by atoms with E-state index in [2.05, 4.69) is 22.4 Å². The first-order valence-electron chi connectivity index (χ1n) is 9.43. The third-order valence-electron chi connectivity index (χ3n) is 4.22. The number of nitrogens with zero attached hydrogens (tertiary/aromatic N) is 1. The van der Waals surface area contributed by atoms with E-state index in [1.165, 1.54) is 31.5 Å². The predicted octanol–water partition coefficient (Wildman–Crippen LogP) is 4.02. The molecule has 0 heterocycles. The van der Waals surface area contributed by atoms with Crippen LogP contribution in [0.1, 0.15) is 29.5 Å². The second-order valence-electron chi connectivity index (χ2n) is 6.64. The number of rotatable bonds is 9. The molecule has 0 fully saturated rings. The zero-order chi connectivity index (χ0) is 23.7. The summed E-state index contributed by atoms with van der Waals surface area (Å²) in [5.74, 6) is -0.943. The zero-order valence-corrected chi connectivity index (χ0v) is 17.2. The first-order chi connectivity index (χ1) is 15.1. The molecule has 10 heteroatoms. The van der Waals surface area contributed by atoms with Gasteiger partial charge in [-0.25, -0.2) is 5.43 Å². The molecule has 0 saturated carbocycles. The van der Waals surface area contributed by atoms with Gasteiger partial charge < -0.3 is 15.2 Å². The number of hydrogen-bond acceptors (Lipinski definition) is 5. The second-order valence-corrected chi connectivity index (χ2v) is 6.64. The van der Waals surface area contributed by atoms with Crippen LogP contribution in [0.15, 0.2) is 54.2 Å². The Kier molecular flexibility index (Phi) is 8.39. The summed E-state index contributed by atoms with van der Waals surface area (Å²) < 4.78 is 43.3. The molecule has 0 aromatic heterocycles. The number of carbonyl (C=O) groups is 2. The van der Waals surface area contributed by atoms with Crippen molar-refractivity contribution in [1.82, 2.24) is 5.43 Å². The highest BCUT2D eigenvalue weighted by Crippen LogP contribution is 2.32. The summed E-state index contributed by atoms with van der Waals surface area (Å²) in [5, 5.41) is 16.2. The molecule has 0 aliphatic carbocycles. The second kappa shape index (κ2) is 11.0. The first kappa shape index (κ1) is 24.4. The topological polar surface area (TPSA) is 100 Å². The minimum Gasteiger partial charge on any atom is -0.504 e. The summed E-state index contributed by atoms with van der Waals surface area (Å²) >= 11 is 0. The number of allylic oxidation sites excluding steroid dienone is 1. The third-order valence-corrected chi connectivity index (χ3v) is 4.22. The SMILES string of the molecule is C=CCc1cc(C=NNC(=O)CCC(=O)Nc2cccc(C(F)(F)F)c2)cc(OC)c1O. The van der Waals surface area contributed by atoms with Gasteiger partial charge in [0.05, 0.1) is 18.9 Å². The predicted molar refractivity (Wildman–Crippen MR) is 114 cm³/mol. The maximum atomic E-state index is 12.7. The number of phenols is 1. The Labute approximate surface area is 182 Å². The van der Waals surface area contributed by atoms with Crippen LogP contribution in [0.5, 0.6) is 11.5 Å². The molecule has 0 unspecified atom stereocenters. The molecule has 2 rings (SSSR count). The van der Waals surface area contributed by atoms with E-state index in [9.17, 15) is 27.9 Å². The fourth-order valence-electron chi connectivity index (χ4n) is 2.69. The number of anilines is 1. The maximum absolute atomic E-state index is 12.7. The van der Waals surface area contributed by atoms with Gasteiger partial charge in [-0.1, -0.05) is 12.1 Å². The molecule has 32 heavy (non-hydrogen) atoms. The number of carbonyl (C=O) groups excluding carboxylic acids is 2. The minimum absolute atomic E-state index is 0.0135. The van der Waals surface area contributed by atoms with Crippen molar-refractivity contribution >= 4 is 23.7 Å². The quantitative estimate of drug-likeness (QED) is 0.306. The van der Waals surface area contributed by atoms with Crippen molar-refractivity contribution in [2.75, 3.05) is 12.4 Å². The highest BCUT2D eigenvalue weighted by Gasteiger charge is 2.30. The average molecular weight is 449 g/mol. The van der Waals surface area contributed by atoms with Gasteiger partial charge in [0.1, 0.15) is 0 Å². The van der Waals surface area contributed by atoms with Crippen molar-refractivity contribution in [2.24, 2.45) is 5.10 Å². The number of amides is 2. The van der Waals surface area contributed by atoms with Crippen LogP contribution in [0.3, 0.4) is 0 Å². The van der Waals surface area contributed by atoms with E-state index in [0.717, 1.165) is 12.1 Å². The fourth-order valence-corrected chi connectivity index (χ4v) is 2.69. The molecule has 0 bridgehead atoms. The average Bonchev–Trinajstić information content (AvgIpc) is 2.74. The number of benzene rings is 2. The molecule has 0 radical (unpaired) electrons. The standard InChI is InChI=1S/C22H22F3N3O4/c1-3-5-15-10-14(11-18(32-2)21(15)31)13-26-28-20(30)9-8-19(29)27-17-7-4-6-16(12-17)22(23,24)25/h3-4,6-7,10-13,31H,1,5,8-9H2,2H3,(H,27,29)(H,28,30). The summed E-state index contributed by atoms with van der Waals surface area (Å²) in [6, 6.07) is 7.39. The molecule has 2 aromatic rings. The number of phenolic OH excluding ortho intramolecular Hbond substituents is 1. The summed E-state index contributed by atoms with van der Waals surface area (Å²) in [6.07, 6.45) is -1.63. The lowest BCUT2D eigenvalue weighted by molar-refractivity contribution is -0.137. The van der Waals surface area contributed by atoms with Gasteiger partial charge >= 0.3 is 6.18 Å². The number of alkyl halides is 3. The molecular formula is C22H22F3N3O4. The lowest BCUT2D eigenvalue weighted by Crippen LogP contribution is -2.20. The number of methoxy groups -OCH3 is 1. The van der Waals surface area contributed by atoms with Gasteiger partial charge in [-0.05, 0) is 42.3 Å². The third kappa shape index (κ3) is 7.15. The van der Waals surface area contributed by atoms with Gasteiger partial charge in [0, 0.05) is 24.1 Å². The van der Waals surface area contributed by atoms with Crippen molar-refractivity contribution in [2.45, 2.75) is 25.4 Å². The van der Waals surface area contributed by atoms with Gasteiger partial charge in [-0.3, -0.25) is 9.59 Å². The van der Waals surface area contributed by atoms with Crippen LogP contribution in [0.2, 0.25) is 0 Å². The van der Waals surface area contributed by atoms with Crippen molar-refractivity contribution in [3.05, 3.63) is 65.7 Å². The maximum Gasteiger partial charge on any atom is 0.416 e. The molecule has 0 saturated heterocycles. The van der Waals surface area contributed by atoms with E-state index in [-0.39, 0.29) is 30.0 Å². The van der Waals surface area contributed by atoms with Crippen LogP contribution in [-0.4, -0.2) is 30.2 Å². The smallest absolute Gasteiger partial charge is 0.416 e. The number of halogens is 3. The summed E-state index contributed by atoms with van der Waals surface area (Å²) in [6.45, 7) is 3.62. The Morgan fingerprint density at radius 1 is 1.19 bits per heavy atom. The van der Waals surface area contributed by atoms with E-state index in [1.807, 2.05) is 0 Å². The van der Waals surface area contributed by atoms with Gasteiger partial charge in [-0.15, -0.1) is 6.58 Å². The van der Waals surface area contributed by atoms with Crippen LogP contribution in [0, 0.1) is 0 Å². The van der Waals surface area contributed by atoms with Gasteiger partial charge in [0.25, 0.3) is 0 Å². The molecular weight excluding hydrogens is 427 g/mol. The Bertz CT molecular complexity index is 1020. The number of hydrazone groups is 1. The minimum atomic E-state index is -4.52. The lowest BCUT2D eigenvalue weighted by atomic mass is 10.1. The van der Waals surface area contributed by atoms with Crippen molar-refractivity contribution in [3.63, 3.8) is 0 Å². The van der Waals surface area contributed by atoms with Crippen LogP contribution >= 0.6 is 0 Å². The largest absolute Gasteiger partial charge is 0.504 e. The Hall–Kier alpha value is -3.82. The highest BCUT2D eigenvalue weighted by atomic mass is 19.4. The number of aromatic hydroxyl groups is 1. The zero-order valence-electron chi connectivity index (χ0n) is 17.2.